The fraction of sp³-hybridized carbons (Fsp3) is 0.370. The van der Waals surface area contributed by atoms with Gasteiger partial charge in [-0.3, -0.25) is 9.59 Å². The van der Waals surface area contributed by atoms with E-state index in [1.807, 2.05) is 39.8 Å². The van der Waals surface area contributed by atoms with Crippen molar-refractivity contribution in [1.82, 2.24) is 0 Å². The number of carbonyl (C=O) groups excluding carboxylic acids is 2. The van der Waals surface area contributed by atoms with Crippen LogP contribution in [0.25, 0.3) is 0 Å². The number of terminal acetylenes is 1. The molecule has 6 heteroatoms. The second kappa shape index (κ2) is 11.7. The quantitative estimate of drug-likeness (QED) is 0.399. The van der Waals surface area contributed by atoms with E-state index in [-0.39, 0.29) is 31.4 Å². The Morgan fingerprint density at radius 3 is 2.24 bits per heavy atom. The zero-order valence-electron chi connectivity index (χ0n) is 19.8. The van der Waals surface area contributed by atoms with Crippen molar-refractivity contribution in [3.63, 3.8) is 0 Å². The standard InChI is InChI=1S/C27H30N2O4/c1-7-23(33-22-13-11-21(17-28)12-14-22)26-19(5)9-10-20(6)27(26)29(18(3)4)24(30)15-16-25(31)32-8-2/h1,9-14,18,23H,8,15-16H2,2-6H3. The Kier molecular flexibility index (Phi) is 9.07. The first-order valence-electron chi connectivity index (χ1n) is 10.9. The summed E-state index contributed by atoms with van der Waals surface area (Å²) in [5.41, 5.74) is 3.69. The Hall–Kier alpha value is -3.77. The molecule has 0 N–H and O–H groups in total. The molecule has 0 aliphatic heterocycles. The molecule has 0 aromatic heterocycles. The van der Waals surface area contributed by atoms with Crippen molar-refractivity contribution in [2.75, 3.05) is 11.5 Å². The Balaban J connectivity index is 2.47. The van der Waals surface area contributed by atoms with Gasteiger partial charge in [-0.15, -0.1) is 6.42 Å². The van der Waals surface area contributed by atoms with Gasteiger partial charge in [-0.1, -0.05) is 18.1 Å². The number of carbonyl (C=O) groups is 2. The molecule has 6 nitrogen and oxygen atoms in total. The highest BCUT2D eigenvalue weighted by Crippen LogP contribution is 2.36. The van der Waals surface area contributed by atoms with Crippen LogP contribution in [0.15, 0.2) is 36.4 Å². The Morgan fingerprint density at radius 2 is 1.70 bits per heavy atom. The van der Waals surface area contributed by atoms with E-state index in [9.17, 15) is 9.59 Å². The summed E-state index contributed by atoms with van der Waals surface area (Å²) in [5.74, 6) is 2.63. The van der Waals surface area contributed by atoms with Gasteiger partial charge in [0.05, 0.1) is 30.3 Å². The van der Waals surface area contributed by atoms with Crippen LogP contribution in [0, 0.1) is 37.5 Å². The van der Waals surface area contributed by atoms with E-state index in [4.69, 9.17) is 21.2 Å². The van der Waals surface area contributed by atoms with Crippen molar-refractivity contribution >= 4 is 17.6 Å². The summed E-state index contributed by atoms with van der Waals surface area (Å²) < 4.78 is 11.1. The highest BCUT2D eigenvalue weighted by atomic mass is 16.5. The van der Waals surface area contributed by atoms with Crippen LogP contribution < -0.4 is 9.64 Å². The lowest BCUT2D eigenvalue weighted by Gasteiger charge is -2.33. The normalized spacial score (nSPS) is 11.3. The van der Waals surface area contributed by atoms with E-state index in [2.05, 4.69) is 12.0 Å². The molecule has 0 saturated carbocycles. The number of benzene rings is 2. The van der Waals surface area contributed by atoms with E-state index in [1.165, 1.54) is 0 Å². The van der Waals surface area contributed by atoms with Crippen LogP contribution in [0.2, 0.25) is 0 Å². The molecule has 0 spiro atoms. The molecule has 2 aromatic rings. The van der Waals surface area contributed by atoms with Crippen LogP contribution in [0.4, 0.5) is 5.69 Å². The van der Waals surface area contributed by atoms with E-state index in [0.29, 0.717) is 17.0 Å². The SMILES string of the molecule is C#CC(Oc1ccc(C#N)cc1)c1c(C)ccc(C)c1N(C(=O)CCC(=O)OCC)C(C)C. The number of esters is 1. The summed E-state index contributed by atoms with van der Waals surface area (Å²) in [6.45, 7) is 9.68. The number of aryl methyl sites for hydroxylation is 2. The molecule has 1 amide bonds. The Bertz CT molecular complexity index is 1080. The molecule has 33 heavy (non-hydrogen) atoms. The summed E-state index contributed by atoms with van der Waals surface area (Å²) in [4.78, 5) is 26.7. The molecule has 0 aliphatic carbocycles. The lowest BCUT2D eigenvalue weighted by atomic mass is 9.95. The number of hydrogen-bond donors (Lipinski definition) is 0. The first kappa shape index (κ1) is 25.5. The van der Waals surface area contributed by atoms with Crippen LogP contribution in [-0.2, 0) is 14.3 Å². The first-order valence-corrected chi connectivity index (χ1v) is 10.9. The molecule has 1 atom stereocenters. The van der Waals surface area contributed by atoms with E-state index in [0.717, 1.165) is 16.7 Å². The summed E-state index contributed by atoms with van der Waals surface area (Å²) in [7, 11) is 0. The summed E-state index contributed by atoms with van der Waals surface area (Å²) in [6, 6.07) is 12.5. The number of nitrogens with zero attached hydrogens (tertiary/aromatic N) is 2. The largest absolute Gasteiger partial charge is 0.473 e. The maximum atomic E-state index is 13.2. The third-order valence-electron chi connectivity index (χ3n) is 5.16. The van der Waals surface area contributed by atoms with Crippen LogP contribution in [0.5, 0.6) is 5.75 Å². The van der Waals surface area contributed by atoms with Crippen molar-refractivity contribution in [3.05, 3.63) is 58.7 Å². The fourth-order valence-corrected chi connectivity index (χ4v) is 3.62. The predicted octanol–water partition coefficient (Wildman–Crippen LogP) is 5.01. The number of nitriles is 1. The van der Waals surface area contributed by atoms with Crippen molar-refractivity contribution in [3.8, 4) is 24.2 Å². The number of ether oxygens (including phenoxy) is 2. The zero-order chi connectivity index (χ0) is 24.5. The van der Waals surface area contributed by atoms with E-state index < -0.39 is 12.1 Å². The number of amides is 1. The van der Waals surface area contributed by atoms with Gasteiger partial charge >= 0.3 is 5.97 Å². The van der Waals surface area contributed by atoms with E-state index >= 15 is 0 Å². The van der Waals surface area contributed by atoms with Crippen molar-refractivity contribution in [2.24, 2.45) is 0 Å². The molecule has 1 unspecified atom stereocenters. The van der Waals surface area contributed by atoms with Crippen LogP contribution >= 0.6 is 0 Å². The smallest absolute Gasteiger partial charge is 0.306 e. The van der Waals surface area contributed by atoms with Gasteiger partial charge < -0.3 is 14.4 Å². The van der Waals surface area contributed by atoms with Gasteiger partial charge in [-0.2, -0.15) is 5.26 Å². The monoisotopic (exact) mass is 446 g/mol. The highest BCUT2D eigenvalue weighted by molar-refractivity contribution is 5.97. The second-order valence-corrected chi connectivity index (χ2v) is 7.92. The van der Waals surface area contributed by atoms with Gasteiger partial charge in [0.25, 0.3) is 0 Å². The van der Waals surface area contributed by atoms with E-state index in [1.54, 1.807) is 36.1 Å². The maximum Gasteiger partial charge on any atom is 0.306 e. The summed E-state index contributed by atoms with van der Waals surface area (Å²) >= 11 is 0. The minimum atomic E-state index is -0.757. The third kappa shape index (κ3) is 6.37. The first-order chi connectivity index (χ1) is 15.7. The minimum Gasteiger partial charge on any atom is -0.473 e. The van der Waals surface area contributed by atoms with Crippen molar-refractivity contribution < 1.29 is 19.1 Å². The zero-order valence-corrected chi connectivity index (χ0v) is 19.8. The molecule has 2 aromatic carbocycles. The molecular weight excluding hydrogens is 416 g/mol. The Labute approximate surface area is 196 Å². The van der Waals surface area contributed by atoms with Crippen LogP contribution in [0.1, 0.15) is 62.0 Å². The lowest BCUT2D eigenvalue weighted by molar-refractivity contribution is -0.144. The van der Waals surface area contributed by atoms with Gasteiger partial charge in [-0.05, 0) is 70.0 Å². The molecule has 0 radical (unpaired) electrons. The molecule has 2 rings (SSSR count). The predicted molar refractivity (Wildman–Crippen MR) is 128 cm³/mol. The van der Waals surface area contributed by atoms with Crippen LogP contribution in [0.3, 0.4) is 0 Å². The maximum absolute atomic E-state index is 13.2. The Morgan fingerprint density at radius 1 is 1.06 bits per heavy atom. The van der Waals surface area contributed by atoms with Gasteiger partial charge in [0.15, 0.2) is 6.10 Å². The van der Waals surface area contributed by atoms with Crippen LogP contribution in [-0.4, -0.2) is 24.5 Å². The van der Waals surface area contributed by atoms with Crippen molar-refractivity contribution in [2.45, 2.75) is 59.6 Å². The molecule has 0 saturated heterocycles. The molecule has 0 heterocycles. The second-order valence-electron chi connectivity index (χ2n) is 7.92. The van der Waals surface area contributed by atoms with Gasteiger partial charge in [0.2, 0.25) is 5.91 Å². The molecule has 0 aliphatic rings. The van der Waals surface area contributed by atoms with Gasteiger partial charge in [0.1, 0.15) is 5.75 Å². The third-order valence-corrected chi connectivity index (χ3v) is 5.16. The topological polar surface area (TPSA) is 79.6 Å². The number of hydrogen-bond acceptors (Lipinski definition) is 5. The average molecular weight is 447 g/mol. The van der Waals surface area contributed by atoms with Gasteiger partial charge in [-0.25, -0.2) is 0 Å². The van der Waals surface area contributed by atoms with Gasteiger partial charge in [0, 0.05) is 18.0 Å². The lowest BCUT2D eigenvalue weighted by Crippen LogP contribution is -2.39. The highest BCUT2D eigenvalue weighted by Gasteiger charge is 2.28. The minimum absolute atomic E-state index is 0.0103. The molecular formula is C27H30N2O4. The molecule has 0 fully saturated rings. The average Bonchev–Trinajstić information content (AvgIpc) is 2.79. The van der Waals surface area contributed by atoms with Crippen molar-refractivity contribution in [1.29, 1.82) is 5.26 Å². The molecule has 0 bridgehead atoms. The molecule has 172 valence electrons. The fourth-order valence-electron chi connectivity index (χ4n) is 3.62. The summed E-state index contributed by atoms with van der Waals surface area (Å²) in [5, 5.41) is 9.02. The number of anilines is 1. The summed E-state index contributed by atoms with van der Waals surface area (Å²) in [6.07, 6.45) is 5.17. The number of rotatable bonds is 9.